The highest BCUT2D eigenvalue weighted by Gasteiger charge is 2.12. The first-order valence-electron chi connectivity index (χ1n) is 9.71. The Kier molecular flexibility index (Phi) is 15.4. The molecule has 0 amide bonds. The quantitative estimate of drug-likeness (QED) is 0.216. The van der Waals surface area contributed by atoms with E-state index < -0.39 is 0 Å². The van der Waals surface area contributed by atoms with Gasteiger partial charge >= 0.3 is 0 Å². The van der Waals surface area contributed by atoms with Crippen molar-refractivity contribution in [1.29, 1.82) is 0 Å². The molecule has 1 aromatic rings. The molecule has 0 aliphatic carbocycles. The largest absolute Gasteiger partial charge is 0.493 e. The van der Waals surface area contributed by atoms with Crippen LogP contribution in [-0.4, -0.2) is 44.5 Å². The van der Waals surface area contributed by atoms with Crippen LogP contribution in [0.15, 0.2) is 17.1 Å². The second kappa shape index (κ2) is 15.9. The van der Waals surface area contributed by atoms with E-state index in [4.69, 9.17) is 21.1 Å². The van der Waals surface area contributed by atoms with Crippen LogP contribution in [0.4, 0.5) is 0 Å². The average Bonchev–Trinajstić information content (AvgIpc) is 2.66. The van der Waals surface area contributed by atoms with Crippen molar-refractivity contribution in [3.8, 4) is 11.5 Å². The fourth-order valence-electron chi connectivity index (χ4n) is 2.84. The summed E-state index contributed by atoms with van der Waals surface area (Å²) in [6.45, 7) is 8.86. The molecule has 0 aromatic heterocycles. The first-order valence-corrected chi connectivity index (χ1v) is 10.1. The second-order valence-electron chi connectivity index (χ2n) is 6.29. The van der Waals surface area contributed by atoms with Crippen molar-refractivity contribution in [2.45, 2.75) is 46.6 Å². The van der Waals surface area contributed by atoms with Gasteiger partial charge in [-0.15, -0.1) is 24.0 Å². The molecule has 1 rings (SSSR count). The van der Waals surface area contributed by atoms with Crippen LogP contribution in [0.5, 0.6) is 11.5 Å². The Hall–Kier alpha value is -0.930. The van der Waals surface area contributed by atoms with Crippen LogP contribution in [0.25, 0.3) is 0 Å². The van der Waals surface area contributed by atoms with Crippen molar-refractivity contribution in [3.63, 3.8) is 0 Å². The molecule has 3 N–H and O–H groups in total. The van der Waals surface area contributed by atoms with Crippen LogP contribution >= 0.6 is 35.6 Å². The predicted molar refractivity (Wildman–Crippen MR) is 128 cm³/mol. The summed E-state index contributed by atoms with van der Waals surface area (Å²) in [6, 6.07) is 3.75. The van der Waals surface area contributed by atoms with E-state index in [0.29, 0.717) is 35.6 Å². The lowest BCUT2D eigenvalue weighted by Gasteiger charge is -2.18. The van der Waals surface area contributed by atoms with Gasteiger partial charge in [0.05, 0.1) is 25.3 Å². The standard InChI is InChI=1S/C20H34ClN3O3.HI/c1-5-8-15(9-10-25)13-23-20(22-6-2)24-14-16-11-17(21)19(27-7-3)18(12-16)26-4;/h11-12,15,25H,5-10,13-14H2,1-4H3,(H2,22,23,24);1H. The molecule has 28 heavy (non-hydrogen) atoms. The zero-order chi connectivity index (χ0) is 20.1. The monoisotopic (exact) mass is 527 g/mol. The number of ether oxygens (including phenoxy) is 2. The Balaban J connectivity index is 0.00000729. The number of nitrogens with one attached hydrogen (secondary N) is 2. The molecule has 0 saturated heterocycles. The lowest BCUT2D eigenvalue weighted by molar-refractivity contribution is 0.251. The minimum atomic E-state index is 0. The number of guanidine groups is 1. The van der Waals surface area contributed by atoms with Crippen molar-refractivity contribution in [1.82, 2.24) is 10.6 Å². The topological polar surface area (TPSA) is 75.1 Å². The molecule has 0 heterocycles. The third-order valence-corrected chi connectivity index (χ3v) is 4.42. The number of hydrogen-bond acceptors (Lipinski definition) is 4. The van der Waals surface area contributed by atoms with E-state index in [2.05, 4.69) is 22.5 Å². The van der Waals surface area contributed by atoms with Crippen LogP contribution in [0.3, 0.4) is 0 Å². The smallest absolute Gasteiger partial charge is 0.191 e. The molecule has 0 bridgehead atoms. The van der Waals surface area contributed by atoms with Gasteiger partial charge in [-0.3, -0.25) is 0 Å². The summed E-state index contributed by atoms with van der Waals surface area (Å²) in [5, 5.41) is 16.4. The van der Waals surface area contributed by atoms with Crippen molar-refractivity contribution in [3.05, 3.63) is 22.7 Å². The number of rotatable bonds is 12. The average molecular weight is 528 g/mol. The van der Waals surface area contributed by atoms with E-state index in [9.17, 15) is 5.11 Å². The number of methoxy groups -OCH3 is 1. The molecule has 0 fully saturated rings. The minimum absolute atomic E-state index is 0. The van der Waals surface area contributed by atoms with Crippen LogP contribution in [0, 0.1) is 5.92 Å². The van der Waals surface area contributed by atoms with Crippen LogP contribution in [-0.2, 0) is 6.54 Å². The SMILES string of the molecule is CCCC(CCO)CNC(=NCc1cc(Cl)c(OCC)c(OC)c1)NCC.I. The number of aliphatic imine (C=N–C) groups is 1. The summed E-state index contributed by atoms with van der Waals surface area (Å²) in [5.74, 6) is 2.36. The number of nitrogens with zero attached hydrogens (tertiary/aromatic N) is 1. The molecule has 1 aromatic carbocycles. The number of hydrogen-bond donors (Lipinski definition) is 3. The Labute approximate surface area is 191 Å². The third-order valence-electron chi connectivity index (χ3n) is 4.13. The molecule has 1 unspecified atom stereocenters. The normalized spacial score (nSPS) is 12.1. The van der Waals surface area contributed by atoms with E-state index in [1.807, 2.05) is 26.0 Å². The molecule has 1 atom stereocenters. The predicted octanol–water partition coefficient (Wildman–Crippen LogP) is 4.22. The van der Waals surface area contributed by atoms with Gasteiger partial charge in [0.25, 0.3) is 0 Å². The highest BCUT2D eigenvalue weighted by Crippen LogP contribution is 2.36. The second-order valence-corrected chi connectivity index (χ2v) is 6.69. The summed E-state index contributed by atoms with van der Waals surface area (Å²) in [6.07, 6.45) is 2.98. The Morgan fingerprint density at radius 1 is 1.21 bits per heavy atom. The fraction of sp³-hybridized carbons (Fsp3) is 0.650. The highest BCUT2D eigenvalue weighted by atomic mass is 127. The number of halogens is 2. The third kappa shape index (κ3) is 9.52. The van der Waals surface area contributed by atoms with Gasteiger partial charge in [-0.25, -0.2) is 4.99 Å². The number of aliphatic hydroxyl groups excluding tert-OH is 1. The van der Waals surface area contributed by atoms with E-state index in [-0.39, 0.29) is 30.6 Å². The highest BCUT2D eigenvalue weighted by molar-refractivity contribution is 14.0. The van der Waals surface area contributed by atoms with Crippen molar-refractivity contribution in [2.24, 2.45) is 10.9 Å². The molecule has 0 aliphatic heterocycles. The number of aliphatic hydroxyl groups is 1. The summed E-state index contributed by atoms with van der Waals surface area (Å²) in [5.41, 5.74) is 0.943. The van der Waals surface area contributed by atoms with E-state index >= 15 is 0 Å². The minimum Gasteiger partial charge on any atom is -0.493 e. The molecular formula is C20H35ClIN3O3. The maximum Gasteiger partial charge on any atom is 0.191 e. The molecule has 162 valence electrons. The van der Waals surface area contributed by atoms with Gasteiger partial charge in [-0.2, -0.15) is 0 Å². The summed E-state index contributed by atoms with van der Waals surface area (Å²) < 4.78 is 10.9. The first kappa shape index (κ1) is 27.1. The summed E-state index contributed by atoms with van der Waals surface area (Å²) in [7, 11) is 1.60. The van der Waals surface area contributed by atoms with E-state index in [1.54, 1.807) is 7.11 Å². The van der Waals surface area contributed by atoms with Crippen molar-refractivity contribution < 1.29 is 14.6 Å². The maximum atomic E-state index is 9.21. The molecule has 0 saturated carbocycles. The lowest BCUT2D eigenvalue weighted by Crippen LogP contribution is -2.40. The van der Waals surface area contributed by atoms with Crippen LogP contribution < -0.4 is 20.1 Å². The van der Waals surface area contributed by atoms with Gasteiger partial charge in [0.15, 0.2) is 17.5 Å². The Morgan fingerprint density at radius 3 is 2.54 bits per heavy atom. The molecule has 0 radical (unpaired) electrons. The lowest BCUT2D eigenvalue weighted by atomic mass is 10.0. The molecule has 6 nitrogen and oxygen atoms in total. The molecular weight excluding hydrogens is 493 g/mol. The van der Waals surface area contributed by atoms with Crippen molar-refractivity contribution >= 4 is 41.5 Å². The Bertz CT molecular complexity index is 582. The van der Waals surface area contributed by atoms with Gasteiger partial charge in [0.2, 0.25) is 0 Å². The zero-order valence-corrected chi connectivity index (χ0v) is 20.5. The van der Waals surface area contributed by atoms with E-state index in [0.717, 1.165) is 43.9 Å². The van der Waals surface area contributed by atoms with Gasteiger partial charge < -0.3 is 25.2 Å². The van der Waals surface area contributed by atoms with Gasteiger partial charge in [0, 0.05) is 19.7 Å². The Morgan fingerprint density at radius 2 is 1.96 bits per heavy atom. The summed E-state index contributed by atoms with van der Waals surface area (Å²) in [4.78, 5) is 4.65. The number of benzene rings is 1. The summed E-state index contributed by atoms with van der Waals surface area (Å²) >= 11 is 6.33. The van der Waals surface area contributed by atoms with Gasteiger partial charge in [-0.05, 0) is 50.3 Å². The van der Waals surface area contributed by atoms with E-state index in [1.165, 1.54) is 0 Å². The van der Waals surface area contributed by atoms with Gasteiger partial charge in [0.1, 0.15) is 0 Å². The first-order chi connectivity index (χ1) is 13.1. The zero-order valence-electron chi connectivity index (χ0n) is 17.4. The van der Waals surface area contributed by atoms with Crippen LogP contribution in [0.2, 0.25) is 5.02 Å². The molecule has 8 heteroatoms. The fourth-order valence-corrected chi connectivity index (χ4v) is 3.13. The van der Waals surface area contributed by atoms with Gasteiger partial charge in [-0.1, -0.05) is 24.9 Å². The van der Waals surface area contributed by atoms with Crippen molar-refractivity contribution in [2.75, 3.05) is 33.4 Å². The maximum absolute atomic E-state index is 9.21. The molecule has 0 spiro atoms. The van der Waals surface area contributed by atoms with Crippen LogP contribution in [0.1, 0.15) is 45.6 Å². The molecule has 0 aliphatic rings.